The third-order valence-electron chi connectivity index (χ3n) is 4.08. The lowest BCUT2D eigenvalue weighted by Gasteiger charge is -2.14. The van der Waals surface area contributed by atoms with Gasteiger partial charge >= 0.3 is 0 Å². The fourth-order valence-electron chi connectivity index (χ4n) is 2.76. The molecule has 142 valence electrons. The Hall–Kier alpha value is -2.81. The summed E-state index contributed by atoms with van der Waals surface area (Å²) in [6.07, 6.45) is -0.0133. The van der Waals surface area contributed by atoms with Crippen LogP contribution in [0.5, 0.6) is 0 Å². The number of benzene rings is 2. The van der Waals surface area contributed by atoms with Crippen LogP contribution in [0.4, 0.5) is 8.78 Å². The molecule has 3 rings (SSSR count). The van der Waals surface area contributed by atoms with Crippen LogP contribution in [-0.2, 0) is 14.8 Å². The normalized spacial score (nSPS) is 17.2. The standard InChI is InChI=1S/C18H17F2N3O3S/c1-11(13-7-6-12(19)10-15(13)20)22-17(24)8-9-21-18-14-4-2-3-5-16(14)27(25,26)23-18/h2-7,10-11H,8-9H2,1H3,(H,21,23)(H,22,24)/t11-/m1/s1. The number of amidine groups is 1. The summed E-state index contributed by atoms with van der Waals surface area (Å²) in [6, 6.07) is 8.94. The van der Waals surface area contributed by atoms with Crippen LogP contribution in [-0.4, -0.2) is 26.7 Å². The van der Waals surface area contributed by atoms with Crippen molar-refractivity contribution < 1.29 is 22.0 Å². The number of rotatable bonds is 5. The fourth-order valence-corrected chi connectivity index (χ4v) is 4.02. The Bertz CT molecular complexity index is 1020. The van der Waals surface area contributed by atoms with E-state index in [0.29, 0.717) is 5.56 Å². The van der Waals surface area contributed by atoms with Gasteiger partial charge in [-0.3, -0.25) is 14.5 Å². The second-order valence-corrected chi connectivity index (χ2v) is 7.69. The van der Waals surface area contributed by atoms with E-state index in [0.717, 1.165) is 12.1 Å². The van der Waals surface area contributed by atoms with E-state index in [2.05, 4.69) is 15.0 Å². The van der Waals surface area contributed by atoms with Gasteiger partial charge in [0.25, 0.3) is 10.0 Å². The summed E-state index contributed by atoms with van der Waals surface area (Å²) in [5, 5.41) is 2.61. The lowest BCUT2D eigenvalue weighted by molar-refractivity contribution is -0.121. The summed E-state index contributed by atoms with van der Waals surface area (Å²) in [5.74, 6) is -1.62. The molecule has 6 nitrogen and oxygen atoms in total. The Morgan fingerprint density at radius 3 is 2.70 bits per heavy atom. The number of carbonyl (C=O) groups is 1. The number of nitrogens with zero attached hydrogens (tertiary/aromatic N) is 1. The molecule has 1 amide bonds. The molecule has 0 bridgehead atoms. The first kappa shape index (κ1) is 19.0. The minimum atomic E-state index is -3.62. The second kappa shape index (κ2) is 7.43. The molecule has 0 saturated carbocycles. The lowest BCUT2D eigenvalue weighted by atomic mass is 10.1. The van der Waals surface area contributed by atoms with Crippen molar-refractivity contribution >= 4 is 21.8 Å². The molecule has 0 saturated heterocycles. The topological polar surface area (TPSA) is 87.6 Å². The average Bonchev–Trinajstić information content (AvgIpc) is 2.86. The fraction of sp³-hybridized carbons (Fsp3) is 0.222. The van der Waals surface area contributed by atoms with E-state index in [1.165, 1.54) is 12.1 Å². The Labute approximate surface area is 155 Å². The number of nitrogens with one attached hydrogen (secondary N) is 2. The summed E-state index contributed by atoms with van der Waals surface area (Å²) >= 11 is 0. The number of aliphatic imine (C=N–C) groups is 1. The molecule has 0 unspecified atom stereocenters. The maximum Gasteiger partial charge on any atom is 0.263 e. The molecule has 27 heavy (non-hydrogen) atoms. The van der Waals surface area contributed by atoms with Gasteiger partial charge in [0, 0.05) is 23.6 Å². The van der Waals surface area contributed by atoms with Crippen molar-refractivity contribution in [3.05, 3.63) is 65.2 Å². The zero-order valence-electron chi connectivity index (χ0n) is 14.4. The van der Waals surface area contributed by atoms with Crippen molar-refractivity contribution in [2.45, 2.75) is 24.3 Å². The van der Waals surface area contributed by atoms with Crippen molar-refractivity contribution in [3.8, 4) is 0 Å². The molecule has 1 aliphatic rings. The maximum absolute atomic E-state index is 13.7. The first-order valence-corrected chi connectivity index (χ1v) is 9.67. The van der Waals surface area contributed by atoms with Crippen LogP contribution in [0, 0.1) is 11.6 Å². The molecule has 2 N–H and O–H groups in total. The van der Waals surface area contributed by atoms with Gasteiger partial charge in [0.2, 0.25) is 5.91 Å². The van der Waals surface area contributed by atoms with E-state index in [9.17, 15) is 22.0 Å². The van der Waals surface area contributed by atoms with Gasteiger partial charge in [-0.2, -0.15) is 0 Å². The van der Waals surface area contributed by atoms with Crippen LogP contribution >= 0.6 is 0 Å². The minimum Gasteiger partial charge on any atom is -0.349 e. The van der Waals surface area contributed by atoms with Crippen LogP contribution in [0.15, 0.2) is 52.4 Å². The van der Waals surface area contributed by atoms with Gasteiger partial charge in [-0.25, -0.2) is 17.2 Å². The number of carbonyl (C=O) groups excluding carboxylic acids is 1. The lowest BCUT2D eigenvalue weighted by Crippen LogP contribution is -2.28. The van der Waals surface area contributed by atoms with E-state index in [1.807, 2.05) is 0 Å². The third-order valence-corrected chi connectivity index (χ3v) is 5.48. The predicted molar refractivity (Wildman–Crippen MR) is 95.7 cm³/mol. The van der Waals surface area contributed by atoms with Crippen LogP contribution in [0.25, 0.3) is 0 Å². The van der Waals surface area contributed by atoms with E-state index in [1.54, 1.807) is 25.1 Å². The summed E-state index contributed by atoms with van der Waals surface area (Å²) < 4.78 is 53.0. The zero-order chi connectivity index (χ0) is 19.6. The number of sulfonamides is 1. The molecule has 0 spiro atoms. The second-order valence-electron chi connectivity index (χ2n) is 6.04. The van der Waals surface area contributed by atoms with Crippen molar-refractivity contribution in [2.24, 2.45) is 4.99 Å². The highest BCUT2D eigenvalue weighted by Gasteiger charge is 2.29. The highest BCUT2D eigenvalue weighted by Crippen LogP contribution is 2.22. The van der Waals surface area contributed by atoms with Gasteiger partial charge in [-0.05, 0) is 25.1 Å². The molecule has 0 fully saturated rings. The van der Waals surface area contributed by atoms with Gasteiger partial charge < -0.3 is 5.32 Å². The number of hydrogen-bond donors (Lipinski definition) is 2. The van der Waals surface area contributed by atoms with Crippen LogP contribution < -0.4 is 10.0 Å². The first-order chi connectivity index (χ1) is 12.8. The van der Waals surface area contributed by atoms with Crippen molar-refractivity contribution in [2.75, 3.05) is 6.54 Å². The monoisotopic (exact) mass is 393 g/mol. The molecule has 1 aliphatic heterocycles. The predicted octanol–water partition coefficient (Wildman–Crippen LogP) is 2.27. The van der Waals surface area contributed by atoms with Gasteiger partial charge in [0.05, 0.1) is 17.5 Å². The third kappa shape index (κ3) is 4.13. The molecular formula is C18H17F2N3O3S. The molecule has 2 aromatic rings. The number of halogens is 2. The molecule has 1 atom stereocenters. The summed E-state index contributed by atoms with van der Waals surface area (Å²) in [6.45, 7) is 1.64. The smallest absolute Gasteiger partial charge is 0.263 e. The van der Waals surface area contributed by atoms with Gasteiger partial charge in [0.15, 0.2) is 0 Å². The summed E-state index contributed by atoms with van der Waals surface area (Å²) in [7, 11) is -3.62. The first-order valence-electron chi connectivity index (χ1n) is 8.19. The van der Waals surface area contributed by atoms with Gasteiger partial charge in [-0.1, -0.05) is 18.2 Å². The van der Waals surface area contributed by atoms with E-state index in [4.69, 9.17) is 0 Å². The molecule has 2 aromatic carbocycles. The number of hydrogen-bond acceptors (Lipinski definition) is 4. The summed E-state index contributed by atoms with van der Waals surface area (Å²) in [5.41, 5.74) is 0.633. The minimum absolute atomic E-state index is 0.0133. The Morgan fingerprint density at radius 2 is 1.96 bits per heavy atom. The quantitative estimate of drug-likeness (QED) is 0.817. The van der Waals surface area contributed by atoms with E-state index in [-0.39, 0.29) is 35.2 Å². The van der Waals surface area contributed by atoms with E-state index >= 15 is 0 Å². The van der Waals surface area contributed by atoms with Crippen molar-refractivity contribution in [1.82, 2.24) is 10.0 Å². The Balaban J connectivity index is 1.61. The number of amides is 1. The summed E-state index contributed by atoms with van der Waals surface area (Å²) in [4.78, 5) is 16.3. The van der Waals surface area contributed by atoms with Gasteiger partial charge in [-0.15, -0.1) is 0 Å². The molecular weight excluding hydrogens is 376 g/mol. The van der Waals surface area contributed by atoms with Crippen LogP contribution in [0.1, 0.15) is 30.5 Å². The van der Waals surface area contributed by atoms with E-state index < -0.39 is 27.7 Å². The number of fused-ring (bicyclic) bond motifs is 1. The average molecular weight is 393 g/mol. The SMILES string of the molecule is C[C@@H](NC(=O)CCN=C1NS(=O)(=O)c2ccccc21)c1ccc(F)cc1F. The molecule has 0 aromatic heterocycles. The van der Waals surface area contributed by atoms with Crippen LogP contribution in [0.3, 0.4) is 0 Å². The van der Waals surface area contributed by atoms with Gasteiger partial charge in [0.1, 0.15) is 17.5 Å². The highest BCUT2D eigenvalue weighted by atomic mass is 32.2. The highest BCUT2D eigenvalue weighted by molar-refractivity contribution is 7.90. The molecule has 0 aliphatic carbocycles. The van der Waals surface area contributed by atoms with Crippen LogP contribution in [0.2, 0.25) is 0 Å². The van der Waals surface area contributed by atoms with Crippen molar-refractivity contribution in [3.63, 3.8) is 0 Å². The zero-order valence-corrected chi connectivity index (χ0v) is 15.2. The Kier molecular flexibility index (Phi) is 5.22. The Morgan fingerprint density at radius 1 is 1.22 bits per heavy atom. The molecule has 0 radical (unpaired) electrons. The largest absolute Gasteiger partial charge is 0.349 e. The van der Waals surface area contributed by atoms with Crippen molar-refractivity contribution in [1.29, 1.82) is 0 Å². The maximum atomic E-state index is 13.7. The molecule has 9 heteroatoms. The molecule has 1 heterocycles.